The minimum Gasteiger partial charge on any atom is -0.399 e. The molecule has 2 aromatic rings. The van der Waals surface area contributed by atoms with Crippen molar-refractivity contribution in [1.82, 2.24) is 0 Å². The van der Waals surface area contributed by atoms with E-state index in [1.807, 2.05) is 0 Å². The molecule has 120 valence electrons. The summed E-state index contributed by atoms with van der Waals surface area (Å²) in [6.07, 6.45) is 0.0796. The molecule has 0 saturated carbocycles. The molecule has 0 saturated heterocycles. The number of amides is 1. The van der Waals surface area contributed by atoms with Crippen molar-refractivity contribution in [3.63, 3.8) is 0 Å². The highest BCUT2D eigenvalue weighted by Gasteiger charge is 2.34. The fourth-order valence-corrected chi connectivity index (χ4v) is 4.45. The number of para-hydroxylation sites is 2. The molecule has 0 fully saturated rings. The van der Waals surface area contributed by atoms with Gasteiger partial charge in [-0.3, -0.25) is 9.10 Å². The lowest BCUT2D eigenvalue weighted by atomic mass is 10.2. The Morgan fingerprint density at radius 3 is 2.65 bits per heavy atom. The van der Waals surface area contributed by atoms with Gasteiger partial charge in [0.25, 0.3) is 10.0 Å². The molecular weight excluding hydrogens is 314 g/mol. The maximum Gasteiger partial charge on any atom is 0.264 e. The lowest BCUT2D eigenvalue weighted by Gasteiger charge is -2.29. The molecular formula is C16H17N3O3S. The standard InChI is InChI=1S/C16H17N3O3S/c1-11-9-16(20)18-14-7-2-3-8-15(14)19(11)23(21,22)13-6-4-5-12(17)10-13/h2-8,10-11H,9,17H2,1H3,(H,18,20). The third-order valence-corrected chi connectivity index (χ3v) is 5.64. The third kappa shape index (κ3) is 2.75. The van der Waals surface area contributed by atoms with Gasteiger partial charge in [-0.1, -0.05) is 18.2 Å². The van der Waals surface area contributed by atoms with Gasteiger partial charge in [-0.2, -0.15) is 0 Å². The molecule has 1 aliphatic heterocycles. The number of nitrogen functional groups attached to an aromatic ring is 1. The maximum atomic E-state index is 13.1. The summed E-state index contributed by atoms with van der Waals surface area (Å²) in [7, 11) is -3.83. The van der Waals surface area contributed by atoms with Gasteiger partial charge in [-0.05, 0) is 37.3 Å². The average molecular weight is 331 g/mol. The number of fused-ring (bicyclic) bond motifs is 1. The van der Waals surface area contributed by atoms with E-state index in [0.717, 1.165) is 0 Å². The van der Waals surface area contributed by atoms with Crippen LogP contribution in [0.15, 0.2) is 53.4 Å². The molecule has 0 aliphatic carbocycles. The monoisotopic (exact) mass is 331 g/mol. The number of nitrogens with two attached hydrogens (primary N) is 1. The summed E-state index contributed by atoms with van der Waals surface area (Å²) < 4.78 is 27.5. The summed E-state index contributed by atoms with van der Waals surface area (Å²) in [6, 6.07) is 12.5. The van der Waals surface area contributed by atoms with E-state index in [0.29, 0.717) is 17.1 Å². The molecule has 1 aliphatic rings. The third-order valence-electron chi connectivity index (χ3n) is 3.71. The quantitative estimate of drug-likeness (QED) is 0.825. The fourth-order valence-electron chi connectivity index (χ4n) is 2.72. The minimum absolute atomic E-state index is 0.0796. The van der Waals surface area contributed by atoms with E-state index >= 15 is 0 Å². The average Bonchev–Trinajstić information content (AvgIpc) is 2.61. The summed E-state index contributed by atoms with van der Waals surface area (Å²) in [5.74, 6) is -0.213. The first-order valence-corrected chi connectivity index (χ1v) is 8.62. The number of nitrogens with zero attached hydrogens (tertiary/aromatic N) is 1. The number of carbonyl (C=O) groups is 1. The van der Waals surface area contributed by atoms with E-state index in [9.17, 15) is 13.2 Å². The number of rotatable bonds is 2. The first-order valence-electron chi connectivity index (χ1n) is 7.18. The minimum atomic E-state index is -3.83. The summed E-state index contributed by atoms with van der Waals surface area (Å²) in [5.41, 5.74) is 7.02. The predicted octanol–water partition coefficient (Wildman–Crippen LogP) is 2.19. The summed E-state index contributed by atoms with van der Waals surface area (Å²) in [4.78, 5) is 12.1. The van der Waals surface area contributed by atoms with Crippen molar-refractivity contribution in [2.75, 3.05) is 15.4 Å². The van der Waals surface area contributed by atoms with Crippen LogP contribution in [0.25, 0.3) is 0 Å². The van der Waals surface area contributed by atoms with Crippen molar-refractivity contribution in [3.8, 4) is 0 Å². The van der Waals surface area contributed by atoms with Crippen molar-refractivity contribution in [2.45, 2.75) is 24.3 Å². The molecule has 7 heteroatoms. The highest BCUT2D eigenvalue weighted by atomic mass is 32.2. The van der Waals surface area contributed by atoms with Crippen LogP contribution in [-0.4, -0.2) is 20.4 Å². The molecule has 3 N–H and O–H groups in total. The Balaban J connectivity index is 2.19. The Hall–Kier alpha value is -2.54. The van der Waals surface area contributed by atoms with Crippen LogP contribution in [0.1, 0.15) is 13.3 Å². The van der Waals surface area contributed by atoms with Crippen LogP contribution in [0.4, 0.5) is 17.1 Å². The molecule has 2 aromatic carbocycles. The molecule has 1 heterocycles. The van der Waals surface area contributed by atoms with Crippen LogP contribution in [0.2, 0.25) is 0 Å². The van der Waals surface area contributed by atoms with Crippen LogP contribution >= 0.6 is 0 Å². The molecule has 23 heavy (non-hydrogen) atoms. The van der Waals surface area contributed by atoms with Crippen molar-refractivity contribution < 1.29 is 13.2 Å². The predicted molar refractivity (Wildman–Crippen MR) is 89.7 cm³/mol. The molecule has 1 amide bonds. The second kappa shape index (κ2) is 5.58. The molecule has 0 spiro atoms. The SMILES string of the molecule is CC1CC(=O)Nc2ccccc2N1S(=O)(=O)c1cccc(N)c1. The molecule has 0 radical (unpaired) electrons. The van der Waals surface area contributed by atoms with Gasteiger partial charge in [0.1, 0.15) is 0 Å². The molecule has 0 bridgehead atoms. The molecule has 3 rings (SSSR count). The first-order chi connectivity index (χ1) is 10.9. The number of nitrogens with one attached hydrogen (secondary N) is 1. The zero-order chi connectivity index (χ0) is 16.6. The van der Waals surface area contributed by atoms with Crippen LogP contribution in [-0.2, 0) is 14.8 Å². The largest absolute Gasteiger partial charge is 0.399 e. The Labute approximate surface area is 135 Å². The summed E-state index contributed by atoms with van der Waals surface area (Å²) in [5, 5.41) is 2.75. The fraction of sp³-hybridized carbons (Fsp3) is 0.188. The second-order valence-corrected chi connectivity index (χ2v) is 7.31. The number of hydrogen-bond donors (Lipinski definition) is 2. The number of benzene rings is 2. The van der Waals surface area contributed by atoms with E-state index in [4.69, 9.17) is 5.73 Å². The van der Waals surface area contributed by atoms with Crippen molar-refractivity contribution in [2.24, 2.45) is 0 Å². The van der Waals surface area contributed by atoms with Crippen LogP contribution in [0, 0.1) is 0 Å². The van der Waals surface area contributed by atoms with E-state index in [1.165, 1.54) is 16.4 Å². The highest BCUT2D eigenvalue weighted by molar-refractivity contribution is 7.92. The smallest absolute Gasteiger partial charge is 0.264 e. The van der Waals surface area contributed by atoms with E-state index in [2.05, 4.69) is 5.32 Å². The van der Waals surface area contributed by atoms with Crippen LogP contribution in [0.3, 0.4) is 0 Å². The highest BCUT2D eigenvalue weighted by Crippen LogP contribution is 2.35. The molecule has 1 unspecified atom stereocenters. The van der Waals surface area contributed by atoms with Crippen LogP contribution in [0.5, 0.6) is 0 Å². The van der Waals surface area contributed by atoms with Crippen molar-refractivity contribution in [3.05, 3.63) is 48.5 Å². The number of anilines is 3. The molecule has 6 nitrogen and oxygen atoms in total. The van der Waals surface area contributed by atoms with Gasteiger partial charge in [0.05, 0.1) is 22.3 Å². The summed E-state index contributed by atoms with van der Waals surface area (Å²) in [6.45, 7) is 1.71. The summed E-state index contributed by atoms with van der Waals surface area (Å²) >= 11 is 0. The lowest BCUT2D eigenvalue weighted by molar-refractivity contribution is -0.116. The van der Waals surface area contributed by atoms with Crippen molar-refractivity contribution in [1.29, 1.82) is 0 Å². The van der Waals surface area contributed by atoms with Gasteiger partial charge in [0.2, 0.25) is 5.91 Å². The van der Waals surface area contributed by atoms with Gasteiger partial charge in [0.15, 0.2) is 0 Å². The van der Waals surface area contributed by atoms with Gasteiger partial charge < -0.3 is 11.1 Å². The van der Waals surface area contributed by atoms with Gasteiger partial charge in [0, 0.05) is 12.1 Å². The normalized spacial score (nSPS) is 18.0. The van der Waals surface area contributed by atoms with Gasteiger partial charge in [-0.25, -0.2) is 8.42 Å². The van der Waals surface area contributed by atoms with Gasteiger partial charge in [-0.15, -0.1) is 0 Å². The zero-order valence-electron chi connectivity index (χ0n) is 12.6. The van der Waals surface area contributed by atoms with Crippen LogP contribution < -0.4 is 15.4 Å². The number of hydrogen-bond acceptors (Lipinski definition) is 4. The van der Waals surface area contributed by atoms with E-state index < -0.39 is 16.1 Å². The van der Waals surface area contributed by atoms with E-state index in [-0.39, 0.29) is 17.2 Å². The topological polar surface area (TPSA) is 92.5 Å². The number of carbonyl (C=O) groups excluding carboxylic acids is 1. The van der Waals surface area contributed by atoms with E-state index in [1.54, 1.807) is 43.3 Å². The second-order valence-electron chi connectivity index (χ2n) is 5.49. The van der Waals surface area contributed by atoms with Gasteiger partial charge >= 0.3 is 0 Å². The Morgan fingerprint density at radius 1 is 1.17 bits per heavy atom. The zero-order valence-corrected chi connectivity index (χ0v) is 13.4. The lowest BCUT2D eigenvalue weighted by Crippen LogP contribution is -2.39. The maximum absolute atomic E-state index is 13.1. The Morgan fingerprint density at radius 2 is 1.91 bits per heavy atom. The van der Waals surface area contributed by atoms with Crippen molar-refractivity contribution >= 4 is 33.0 Å². The first kappa shape index (κ1) is 15.4. The number of sulfonamides is 1. The molecule has 1 atom stereocenters. The Bertz CT molecular complexity index is 864. The Kier molecular flexibility index (Phi) is 3.73. The molecule has 0 aromatic heterocycles.